The van der Waals surface area contributed by atoms with Gasteiger partial charge in [0.15, 0.2) is 0 Å². The average molecular weight is 251 g/mol. The average Bonchev–Trinajstić information content (AvgIpc) is 2.27. The van der Waals surface area contributed by atoms with Gasteiger partial charge in [-0.05, 0) is 12.1 Å². The van der Waals surface area contributed by atoms with Crippen LogP contribution in [0.15, 0.2) is 39.9 Å². The highest BCUT2D eigenvalue weighted by Crippen LogP contribution is 2.17. The zero-order valence-corrected chi connectivity index (χ0v) is 9.25. The predicted octanol–water partition coefficient (Wildman–Crippen LogP) is 0.948. The van der Waals surface area contributed by atoms with Gasteiger partial charge in [0.05, 0.1) is 10.7 Å². The number of aromatic amines is 2. The molecule has 5 nitrogen and oxygen atoms in total. The minimum absolute atomic E-state index is 0.0909. The minimum atomic E-state index is -0.729. The van der Waals surface area contributed by atoms with Crippen LogP contribution in [0.5, 0.6) is 0 Å². The van der Waals surface area contributed by atoms with E-state index in [9.17, 15) is 14.4 Å². The van der Waals surface area contributed by atoms with Crippen LogP contribution in [-0.4, -0.2) is 15.8 Å². The van der Waals surface area contributed by atoms with Crippen molar-refractivity contribution in [1.82, 2.24) is 9.97 Å². The molecule has 1 aromatic carbocycles. The van der Waals surface area contributed by atoms with Crippen LogP contribution in [0.2, 0.25) is 5.02 Å². The molecule has 2 N–H and O–H groups in total. The number of rotatable bonds is 2. The highest BCUT2D eigenvalue weighted by atomic mass is 35.5. The normalized spacial score (nSPS) is 10.2. The molecule has 0 spiro atoms. The summed E-state index contributed by atoms with van der Waals surface area (Å²) in [6, 6.07) is 7.42. The maximum absolute atomic E-state index is 12.0. The Kier molecular flexibility index (Phi) is 2.93. The van der Waals surface area contributed by atoms with E-state index in [1.54, 1.807) is 18.2 Å². The SMILES string of the molecule is O=C(c1cc(=O)[nH]c(=O)[nH]1)c1ccccc1Cl. The molecule has 0 bridgehead atoms. The Bertz CT molecular complexity index is 659. The van der Waals surface area contributed by atoms with E-state index < -0.39 is 17.0 Å². The minimum Gasteiger partial charge on any atom is -0.304 e. The molecule has 17 heavy (non-hydrogen) atoms. The van der Waals surface area contributed by atoms with Crippen molar-refractivity contribution >= 4 is 17.4 Å². The molecule has 0 saturated heterocycles. The van der Waals surface area contributed by atoms with Crippen LogP contribution in [0.3, 0.4) is 0 Å². The summed E-state index contributed by atoms with van der Waals surface area (Å²) in [6.07, 6.45) is 0. The highest BCUT2D eigenvalue weighted by Gasteiger charge is 2.13. The number of benzene rings is 1. The summed E-state index contributed by atoms with van der Waals surface area (Å²) in [7, 11) is 0. The second-order valence-corrected chi connectivity index (χ2v) is 3.72. The topological polar surface area (TPSA) is 82.8 Å². The van der Waals surface area contributed by atoms with Crippen molar-refractivity contribution in [3.8, 4) is 0 Å². The van der Waals surface area contributed by atoms with Crippen LogP contribution < -0.4 is 11.2 Å². The Morgan fingerprint density at radius 2 is 1.82 bits per heavy atom. The summed E-state index contributed by atoms with van der Waals surface area (Å²) < 4.78 is 0. The fourth-order valence-corrected chi connectivity index (χ4v) is 1.60. The molecule has 0 atom stereocenters. The van der Waals surface area contributed by atoms with Crippen molar-refractivity contribution in [1.29, 1.82) is 0 Å². The van der Waals surface area contributed by atoms with Crippen LogP contribution in [0.4, 0.5) is 0 Å². The van der Waals surface area contributed by atoms with Crippen molar-refractivity contribution in [3.05, 3.63) is 67.4 Å². The molecule has 0 unspecified atom stereocenters. The Morgan fingerprint density at radius 1 is 1.12 bits per heavy atom. The van der Waals surface area contributed by atoms with E-state index >= 15 is 0 Å². The molecule has 0 fully saturated rings. The number of H-pyrrole nitrogens is 2. The number of ketones is 1. The van der Waals surface area contributed by atoms with E-state index in [1.807, 2.05) is 4.98 Å². The lowest BCUT2D eigenvalue weighted by Gasteiger charge is -2.02. The molecule has 1 heterocycles. The molecule has 0 saturated carbocycles. The molecule has 0 radical (unpaired) electrons. The van der Waals surface area contributed by atoms with Gasteiger partial charge in [0.25, 0.3) is 5.56 Å². The van der Waals surface area contributed by atoms with Crippen molar-refractivity contribution in [2.75, 3.05) is 0 Å². The van der Waals surface area contributed by atoms with Crippen LogP contribution in [-0.2, 0) is 0 Å². The molecule has 2 rings (SSSR count). The van der Waals surface area contributed by atoms with Crippen LogP contribution in [0.25, 0.3) is 0 Å². The molecule has 1 aromatic heterocycles. The first-order chi connectivity index (χ1) is 8.08. The lowest BCUT2D eigenvalue weighted by Crippen LogP contribution is -2.25. The molecule has 0 aliphatic carbocycles. The van der Waals surface area contributed by atoms with Gasteiger partial charge in [-0.3, -0.25) is 14.6 Å². The van der Waals surface area contributed by atoms with Crippen LogP contribution in [0.1, 0.15) is 16.1 Å². The van der Waals surface area contributed by atoms with E-state index in [0.29, 0.717) is 0 Å². The third-order valence-electron chi connectivity index (χ3n) is 2.12. The Balaban J connectivity index is 2.55. The van der Waals surface area contributed by atoms with Gasteiger partial charge in [-0.2, -0.15) is 0 Å². The quantitative estimate of drug-likeness (QED) is 0.779. The smallest absolute Gasteiger partial charge is 0.304 e. The number of carbonyl (C=O) groups excluding carboxylic acids is 1. The molecule has 0 amide bonds. The molecule has 2 aromatic rings. The second kappa shape index (κ2) is 4.39. The third kappa shape index (κ3) is 2.34. The number of halogens is 1. The largest absolute Gasteiger partial charge is 0.326 e. The van der Waals surface area contributed by atoms with Crippen molar-refractivity contribution < 1.29 is 4.79 Å². The summed E-state index contributed by atoms with van der Waals surface area (Å²) in [6.45, 7) is 0. The number of aromatic nitrogens is 2. The fraction of sp³-hybridized carbons (Fsp3) is 0. The lowest BCUT2D eigenvalue weighted by molar-refractivity contribution is 0.103. The number of hydrogen-bond acceptors (Lipinski definition) is 3. The van der Waals surface area contributed by atoms with Crippen LogP contribution >= 0.6 is 11.6 Å². The summed E-state index contributed by atoms with van der Waals surface area (Å²) >= 11 is 5.85. The maximum Gasteiger partial charge on any atom is 0.326 e. The number of hydrogen-bond donors (Lipinski definition) is 2. The van der Waals surface area contributed by atoms with E-state index in [0.717, 1.165) is 6.07 Å². The van der Waals surface area contributed by atoms with Gasteiger partial charge >= 0.3 is 5.69 Å². The predicted molar refractivity (Wildman–Crippen MR) is 62.6 cm³/mol. The first-order valence-electron chi connectivity index (χ1n) is 4.71. The molecule has 6 heteroatoms. The zero-order valence-electron chi connectivity index (χ0n) is 8.49. The summed E-state index contributed by atoms with van der Waals surface area (Å²) in [4.78, 5) is 38.3. The first-order valence-corrected chi connectivity index (χ1v) is 5.08. The van der Waals surface area contributed by atoms with E-state index in [2.05, 4.69) is 4.98 Å². The molecule has 0 aliphatic heterocycles. The van der Waals surface area contributed by atoms with Crippen molar-refractivity contribution in [2.24, 2.45) is 0 Å². The Morgan fingerprint density at radius 3 is 2.47 bits per heavy atom. The number of nitrogens with one attached hydrogen (secondary N) is 2. The van der Waals surface area contributed by atoms with Crippen molar-refractivity contribution in [3.63, 3.8) is 0 Å². The van der Waals surface area contributed by atoms with E-state index in [-0.39, 0.29) is 16.3 Å². The fourth-order valence-electron chi connectivity index (χ4n) is 1.38. The molecular formula is C11H7ClN2O3. The zero-order chi connectivity index (χ0) is 12.4. The van der Waals surface area contributed by atoms with Gasteiger partial charge < -0.3 is 4.98 Å². The van der Waals surface area contributed by atoms with Crippen LogP contribution in [0, 0.1) is 0 Å². The first kappa shape index (κ1) is 11.3. The lowest BCUT2D eigenvalue weighted by atomic mass is 10.1. The standard InChI is InChI=1S/C11H7ClN2O3/c12-7-4-2-1-3-6(7)10(16)8-5-9(15)14-11(17)13-8/h1-5H,(H2,13,14,15,17). The van der Waals surface area contributed by atoms with Gasteiger partial charge in [-0.1, -0.05) is 23.7 Å². The summed E-state index contributed by atoms with van der Waals surface area (Å²) in [5, 5.41) is 0.263. The van der Waals surface area contributed by atoms with Gasteiger partial charge in [-0.25, -0.2) is 4.79 Å². The Hall–Kier alpha value is -2.14. The van der Waals surface area contributed by atoms with Gasteiger partial charge in [-0.15, -0.1) is 0 Å². The van der Waals surface area contributed by atoms with E-state index in [1.165, 1.54) is 6.07 Å². The maximum atomic E-state index is 12.0. The molecular weight excluding hydrogens is 244 g/mol. The number of carbonyl (C=O) groups is 1. The second-order valence-electron chi connectivity index (χ2n) is 3.31. The monoisotopic (exact) mass is 250 g/mol. The highest BCUT2D eigenvalue weighted by molar-refractivity contribution is 6.34. The summed E-state index contributed by atoms with van der Waals surface area (Å²) in [5.41, 5.74) is -1.22. The molecule has 0 aliphatic rings. The van der Waals surface area contributed by atoms with Gasteiger partial charge in [0, 0.05) is 11.6 Å². The van der Waals surface area contributed by atoms with E-state index in [4.69, 9.17) is 11.6 Å². The summed E-state index contributed by atoms with van der Waals surface area (Å²) in [5.74, 6) is -0.501. The van der Waals surface area contributed by atoms with Gasteiger partial charge in [0.1, 0.15) is 0 Å². The Labute approximate surface area is 100 Å². The van der Waals surface area contributed by atoms with Gasteiger partial charge in [0.2, 0.25) is 5.78 Å². The molecule has 86 valence electrons. The third-order valence-corrected chi connectivity index (χ3v) is 2.45. The van der Waals surface area contributed by atoms with Crippen molar-refractivity contribution in [2.45, 2.75) is 0 Å².